The van der Waals surface area contributed by atoms with E-state index in [1.54, 1.807) is 49.5 Å². The van der Waals surface area contributed by atoms with Crippen LogP contribution in [0.3, 0.4) is 0 Å². The molecule has 0 bridgehead atoms. The van der Waals surface area contributed by atoms with E-state index in [0.717, 1.165) is 0 Å². The van der Waals surface area contributed by atoms with Gasteiger partial charge in [-0.3, -0.25) is 9.59 Å². The number of pyridine rings is 1. The molecule has 0 spiro atoms. The van der Waals surface area contributed by atoms with Crippen LogP contribution in [-0.4, -0.2) is 21.6 Å². The van der Waals surface area contributed by atoms with Gasteiger partial charge in [0.15, 0.2) is 0 Å². The molecule has 23 heavy (non-hydrogen) atoms. The standard InChI is InChI=1S/C17H19ClN2O3/c1-12(17(23)13-5-7-14(18)8-6-13)19-15(21)9-11-20-10-3-2-4-16(20)22/h2-8,10,12,17,23H,9,11H2,1H3,(H,19,21). The first-order chi connectivity index (χ1) is 11.0. The molecule has 0 radical (unpaired) electrons. The van der Waals surface area contributed by atoms with Crippen molar-refractivity contribution in [2.45, 2.75) is 32.0 Å². The van der Waals surface area contributed by atoms with E-state index in [4.69, 9.17) is 11.6 Å². The Kier molecular flexibility index (Phi) is 5.96. The summed E-state index contributed by atoms with van der Waals surface area (Å²) < 4.78 is 1.47. The van der Waals surface area contributed by atoms with Gasteiger partial charge in [-0.2, -0.15) is 0 Å². The Morgan fingerprint density at radius 3 is 2.61 bits per heavy atom. The number of aliphatic hydroxyl groups excluding tert-OH is 1. The van der Waals surface area contributed by atoms with E-state index in [2.05, 4.69) is 5.32 Å². The number of hydrogen-bond donors (Lipinski definition) is 2. The molecular formula is C17H19ClN2O3. The Hall–Kier alpha value is -2.11. The molecule has 1 aromatic heterocycles. The number of aromatic nitrogens is 1. The number of rotatable bonds is 6. The lowest BCUT2D eigenvalue weighted by molar-refractivity contribution is -0.122. The smallest absolute Gasteiger partial charge is 0.250 e. The molecule has 0 aliphatic carbocycles. The molecule has 0 aliphatic rings. The molecule has 6 heteroatoms. The molecule has 0 saturated carbocycles. The van der Waals surface area contributed by atoms with Gasteiger partial charge in [0, 0.05) is 30.3 Å². The number of hydrogen-bond acceptors (Lipinski definition) is 3. The van der Waals surface area contributed by atoms with Gasteiger partial charge in [0.1, 0.15) is 0 Å². The van der Waals surface area contributed by atoms with Gasteiger partial charge in [-0.25, -0.2) is 0 Å². The second kappa shape index (κ2) is 7.94. The molecule has 2 aromatic rings. The number of aryl methyl sites for hydroxylation is 1. The van der Waals surface area contributed by atoms with Gasteiger partial charge in [0.05, 0.1) is 12.1 Å². The Morgan fingerprint density at radius 1 is 1.26 bits per heavy atom. The summed E-state index contributed by atoms with van der Waals surface area (Å²) in [6.07, 6.45) is 0.985. The minimum Gasteiger partial charge on any atom is -0.386 e. The van der Waals surface area contributed by atoms with E-state index in [1.165, 1.54) is 10.6 Å². The Bertz CT molecular complexity index is 712. The average molecular weight is 335 g/mol. The SMILES string of the molecule is CC(NC(=O)CCn1ccccc1=O)C(O)c1ccc(Cl)cc1. The van der Waals surface area contributed by atoms with E-state index in [9.17, 15) is 14.7 Å². The summed E-state index contributed by atoms with van der Waals surface area (Å²) in [5.41, 5.74) is 0.538. The highest BCUT2D eigenvalue weighted by Crippen LogP contribution is 2.19. The van der Waals surface area contributed by atoms with E-state index >= 15 is 0 Å². The van der Waals surface area contributed by atoms with E-state index in [0.29, 0.717) is 17.1 Å². The Morgan fingerprint density at radius 2 is 1.96 bits per heavy atom. The third kappa shape index (κ3) is 4.94. The summed E-state index contributed by atoms with van der Waals surface area (Å²) in [4.78, 5) is 23.5. The zero-order valence-corrected chi connectivity index (χ0v) is 13.5. The fourth-order valence-corrected chi connectivity index (χ4v) is 2.35. The van der Waals surface area contributed by atoms with Gasteiger partial charge >= 0.3 is 0 Å². The van der Waals surface area contributed by atoms with Crippen LogP contribution in [0.2, 0.25) is 5.02 Å². The van der Waals surface area contributed by atoms with Crippen LogP contribution < -0.4 is 10.9 Å². The number of amides is 1. The average Bonchev–Trinajstić information content (AvgIpc) is 2.54. The molecule has 2 rings (SSSR count). The predicted octanol–water partition coefficient (Wildman–Crippen LogP) is 2.13. The molecule has 1 aromatic carbocycles. The molecule has 2 atom stereocenters. The van der Waals surface area contributed by atoms with Crippen molar-refractivity contribution in [3.8, 4) is 0 Å². The second-order valence-electron chi connectivity index (χ2n) is 5.33. The van der Waals surface area contributed by atoms with Crippen molar-refractivity contribution in [3.63, 3.8) is 0 Å². The normalized spacial score (nSPS) is 13.3. The lowest BCUT2D eigenvalue weighted by Gasteiger charge is -2.21. The van der Waals surface area contributed by atoms with Crippen LogP contribution in [0.1, 0.15) is 25.0 Å². The first-order valence-corrected chi connectivity index (χ1v) is 7.73. The van der Waals surface area contributed by atoms with Crippen LogP contribution >= 0.6 is 11.6 Å². The van der Waals surface area contributed by atoms with E-state index < -0.39 is 12.1 Å². The number of carbonyl (C=O) groups excluding carboxylic acids is 1. The number of halogens is 1. The molecule has 1 heterocycles. The van der Waals surface area contributed by atoms with Gasteiger partial charge in [-0.1, -0.05) is 29.8 Å². The number of nitrogens with zero attached hydrogens (tertiary/aromatic N) is 1. The predicted molar refractivity (Wildman–Crippen MR) is 89.3 cm³/mol. The monoisotopic (exact) mass is 334 g/mol. The maximum atomic E-state index is 12.0. The van der Waals surface area contributed by atoms with Gasteiger partial charge in [-0.15, -0.1) is 0 Å². The number of aliphatic hydroxyl groups is 1. The third-order valence-corrected chi connectivity index (χ3v) is 3.80. The molecule has 2 N–H and O–H groups in total. The van der Waals surface area contributed by atoms with Crippen LogP contribution in [0, 0.1) is 0 Å². The van der Waals surface area contributed by atoms with Crippen LogP contribution in [0.4, 0.5) is 0 Å². The lowest BCUT2D eigenvalue weighted by atomic mass is 10.0. The third-order valence-electron chi connectivity index (χ3n) is 3.55. The number of carbonyl (C=O) groups is 1. The first kappa shape index (κ1) is 17.2. The molecule has 1 amide bonds. The maximum Gasteiger partial charge on any atom is 0.250 e. The molecule has 5 nitrogen and oxygen atoms in total. The second-order valence-corrected chi connectivity index (χ2v) is 5.77. The molecule has 2 unspecified atom stereocenters. The minimum atomic E-state index is -0.823. The molecule has 0 fully saturated rings. The summed E-state index contributed by atoms with van der Waals surface area (Å²) in [7, 11) is 0. The minimum absolute atomic E-state index is 0.144. The summed E-state index contributed by atoms with van der Waals surface area (Å²) in [5.74, 6) is -0.221. The summed E-state index contributed by atoms with van der Waals surface area (Å²) >= 11 is 5.81. The lowest BCUT2D eigenvalue weighted by Crippen LogP contribution is -2.37. The fraction of sp³-hybridized carbons (Fsp3) is 0.294. The van der Waals surface area contributed by atoms with Gasteiger partial charge in [-0.05, 0) is 30.7 Å². The van der Waals surface area contributed by atoms with Crippen molar-refractivity contribution in [2.24, 2.45) is 0 Å². The topological polar surface area (TPSA) is 71.3 Å². The summed E-state index contributed by atoms with van der Waals surface area (Å²) in [6, 6.07) is 11.2. The van der Waals surface area contributed by atoms with Crippen LogP contribution in [0.25, 0.3) is 0 Å². The maximum absolute atomic E-state index is 12.0. The van der Waals surface area contributed by atoms with E-state index in [1.807, 2.05) is 0 Å². The van der Waals surface area contributed by atoms with Gasteiger partial charge in [0.2, 0.25) is 5.91 Å². The largest absolute Gasteiger partial charge is 0.386 e. The highest BCUT2D eigenvalue weighted by atomic mass is 35.5. The zero-order valence-electron chi connectivity index (χ0n) is 12.8. The highest BCUT2D eigenvalue weighted by molar-refractivity contribution is 6.30. The van der Waals surface area contributed by atoms with Gasteiger partial charge in [0.25, 0.3) is 5.56 Å². The number of nitrogens with one attached hydrogen (secondary N) is 1. The van der Waals surface area contributed by atoms with Crippen molar-refractivity contribution in [1.82, 2.24) is 9.88 Å². The van der Waals surface area contributed by atoms with Crippen LogP contribution in [-0.2, 0) is 11.3 Å². The summed E-state index contributed by atoms with van der Waals surface area (Å²) in [6.45, 7) is 2.03. The Labute approximate surface area is 139 Å². The summed E-state index contributed by atoms with van der Waals surface area (Å²) in [5, 5.41) is 13.6. The molecular weight excluding hydrogens is 316 g/mol. The van der Waals surface area contributed by atoms with Crippen molar-refractivity contribution in [2.75, 3.05) is 0 Å². The number of benzene rings is 1. The molecule has 122 valence electrons. The van der Waals surface area contributed by atoms with Crippen molar-refractivity contribution in [3.05, 3.63) is 69.6 Å². The van der Waals surface area contributed by atoms with Crippen molar-refractivity contribution in [1.29, 1.82) is 0 Å². The molecule has 0 saturated heterocycles. The Balaban J connectivity index is 1.88. The first-order valence-electron chi connectivity index (χ1n) is 7.36. The van der Waals surface area contributed by atoms with E-state index in [-0.39, 0.29) is 17.9 Å². The molecule has 0 aliphatic heterocycles. The quantitative estimate of drug-likeness (QED) is 0.850. The van der Waals surface area contributed by atoms with Crippen LogP contribution in [0.5, 0.6) is 0 Å². The van der Waals surface area contributed by atoms with Crippen LogP contribution in [0.15, 0.2) is 53.5 Å². The zero-order chi connectivity index (χ0) is 16.8. The van der Waals surface area contributed by atoms with Crippen molar-refractivity contribution < 1.29 is 9.90 Å². The fourth-order valence-electron chi connectivity index (χ4n) is 2.22. The van der Waals surface area contributed by atoms with Gasteiger partial charge < -0.3 is 15.0 Å². The van der Waals surface area contributed by atoms with Crippen molar-refractivity contribution >= 4 is 17.5 Å². The highest BCUT2D eigenvalue weighted by Gasteiger charge is 2.18.